The van der Waals surface area contributed by atoms with Crippen LogP contribution in [0.2, 0.25) is 0 Å². The Morgan fingerprint density at radius 1 is 0.816 bits per heavy atom. The number of nitrogens with zero attached hydrogens (tertiary/aromatic N) is 1. The zero-order valence-corrected chi connectivity index (χ0v) is 21.6. The summed E-state index contributed by atoms with van der Waals surface area (Å²) >= 11 is 0. The Bertz CT molecular complexity index is 1540. The lowest BCUT2D eigenvalue weighted by atomic mass is 9.94. The zero-order chi connectivity index (χ0) is 26.8. The Morgan fingerprint density at radius 2 is 1.50 bits per heavy atom. The first-order chi connectivity index (χ1) is 18.4. The number of carbonyl (C=O) groups excluding carboxylic acids is 2. The number of hydrogen-bond donors (Lipinski definition) is 1. The van der Waals surface area contributed by atoms with Gasteiger partial charge >= 0.3 is 0 Å². The standard InChI is InChI=1S/C33H29NO4/c1-21-11-10-16-27(23(21)3)34-30(25-14-8-5-9-15-25)29(32(36)33(34)37)31(35)26-17-18-28(22(2)19-26)38-20-24-12-6-4-7-13-24/h4-19,30,35H,20H2,1-3H3/b31-29+. The number of amides is 1. The number of Topliss-reactive ketones (excluding diaryl/α,β-unsaturated/α-hetero) is 1. The van der Waals surface area contributed by atoms with E-state index in [1.54, 1.807) is 18.2 Å². The summed E-state index contributed by atoms with van der Waals surface area (Å²) in [5, 5.41) is 11.5. The molecule has 0 saturated carbocycles. The first kappa shape index (κ1) is 25.0. The van der Waals surface area contributed by atoms with Crippen molar-refractivity contribution < 1.29 is 19.4 Å². The van der Waals surface area contributed by atoms with E-state index in [1.807, 2.05) is 99.6 Å². The topological polar surface area (TPSA) is 66.8 Å². The van der Waals surface area contributed by atoms with Crippen LogP contribution in [0.15, 0.2) is 103 Å². The van der Waals surface area contributed by atoms with Crippen molar-refractivity contribution in [2.75, 3.05) is 4.90 Å². The van der Waals surface area contributed by atoms with E-state index in [-0.39, 0.29) is 11.3 Å². The molecule has 1 aliphatic rings. The van der Waals surface area contributed by atoms with E-state index < -0.39 is 17.7 Å². The molecule has 0 radical (unpaired) electrons. The van der Waals surface area contributed by atoms with Crippen LogP contribution in [0.1, 0.15) is 39.4 Å². The summed E-state index contributed by atoms with van der Waals surface area (Å²) in [4.78, 5) is 28.4. The summed E-state index contributed by atoms with van der Waals surface area (Å²) in [6.07, 6.45) is 0. The lowest BCUT2D eigenvalue weighted by molar-refractivity contribution is -0.132. The quantitative estimate of drug-likeness (QED) is 0.178. The molecule has 0 aliphatic carbocycles. The van der Waals surface area contributed by atoms with Gasteiger partial charge in [0.05, 0.1) is 11.6 Å². The minimum Gasteiger partial charge on any atom is -0.507 e. The highest BCUT2D eigenvalue weighted by Gasteiger charge is 2.47. The molecule has 0 aromatic heterocycles. The number of hydrogen-bond acceptors (Lipinski definition) is 4. The van der Waals surface area contributed by atoms with Gasteiger partial charge in [0.1, 0.15) is 18.1 Å². The van der Waals surface area contributed by atoms with Crippen molar-refractivity contribution in [1.29, 1.82) is 0 Å². The number of carbonyl (C=O) groups is 2. The Morgan fingerprint density at radius 3 is 2.18 bits per heavy atom. The molecule has 1 atom stereocenters. The molecule has 4 aromatic carbocycles. The van der Waals surface area contributed by atoms with Gasteiger partial charge in [-0.05, 0) is 72.9 Å². The second kappa shape index (κ2) is 10.4. The fraction of sp³-hybridized carbons (Fsp3) is 0.152. The largest absolute Gasteiger partial charge is 0.507 e. The van der Waals surface area contributed by atoms with Crippen LogP contribution in [0.5, 0.6) is 5.75 Å². The highest BCUT2D eigenvalue weighted by Crippen LogP contribution is 2.43. The van der Waals surface area contributed by atoms with Crippen LogP contribution in [0.4, 0.5) is 5.69 Å². The minimum absolute atomic E-state index is 0.0689. The molecule has 1 saturated heterocycles. The van der Waals surface area contributed by atoms with E-state index in [0.717, 1.165) is 27.8 Å². The molecular weight excluding hydrogens is 474 g/mol. The van der Waals surface area contributed by atoms with Crippen LogP contribution in [0.25, 0.3) is 5.76 Å². The zero-order valence-electron chi connectivity index (χ0n) is 21.6. The Balaban J connectivity index is 1.57. The van der Waals surface area contributed by atoms with Gasteiger partial charge in [0.15, 0.2) is 0 Å². The predicted molar refractivity (Wildman–Crippen MR) is 149 cm³/mol. The smallest absolute Gasteiger partial charge is 0.300 e. The summed E-state index contributed by atoms with van der Waals surface area (Å²) in [5.74, 6) is -0.892. The van der Waals surface area contributed by atoms with Crippen molar-refractivity contribution >= 4 is 23.1 Å². The number of benzene rings is 4. The first-order valence-electron chi connectivity index (χ1n) is 12.6. The van der Waals surface area contributed by atoms with Crippen molar-refractivity contribution in [2.24, 2.45) is 0 Å². The van der Waals surface area contributed by atoms with Gasteiger partial charge in [0.25, 0.3) is 11.7 Å². The van der Waals surface area contributed by atoms with Gasteiger partial charge in [-0.25, -0.2) is 0 Å². The van der Waals surface area contributed by atoms with Crippen molar-refractivity contribution in [1.82, 2.24) is 0 Å². The third-order valence-electron chi connectivity index (χ3n) is 7.08. The number of aliphatic hydroxyl groups is 1. The molecule has 1 heterocycles. The van der Waals surface area contributed by atoms with Gasteiger partial charge < -0.3 is 9.84 Å². The normalized spacial score (nSPS) is 16.6. The van der Waals surface area contributed by atoms with Crippen LogP contribution in [-0.2, 0) is 16.2 Å². The molecule has 1 fully saturated rings. The lowest BCUT2D eigenvalue weighted by Gasteiger charge is -2.27. The van der Waals surface area contributed by atoms with Gasteiger partial charge in [-0.1, -0.05) is 72.8 Å². The molecule has 1 amide bonds. The summed E-state index contributed by atoms with van der Waals surface area (Å²) in [7, 11) is 0. The maximum Gasteiger partial charge on any atom is 0.300 e. The van der Waals surface area contributed by atoms with Gasteiger partial charge in [-0.15, -0.1) is 0 Å². The summed E-state index contributed by atoms with van der Waals surface area (Å²) in [6.45, 7) is 6.21. The predicted octanol–water partition coefficient (Wildman–Crippen LogP) is 6.82. The van der Waals surface area contributed by atoms with Gasteiger partial charge in [-0.2, -0.15) is 0 Å². The highest BCUT2D eigenvalue weighted by atomic mass is 16.5. The third kappa shape index (κ3) is 4.59. The molecule has 4 aromatic rings. The van der Waals surface area contributed by atoms with E-state index in [4.69, 9.17) is 4.74 Å². The second-order valence-corrected chi connectivity index (χ2v) is 9.55. The van der Waals surface area contributed by atoms with E-state index >= 15 is 0 Å². The van der Waals surface area contributed by atoms with Crippen molar-refractivity contribution in [3.63, 3.8) is 0 Å². The van der Waals surface area contributed by atoms with Gasteiger partial charge in [-0.3, -0.25) is 14.5 Å². The molecule has 5 rings (SSSR count). The van der Waals surface area contributed by atoms with Crippen molar-refractivity contribution in [3.05, 3.63) is 136 Å². The van der Waals surface area contributed by atoms with Crippen molar-refractivity contribution in [3.8, 4) is 5.75 Å². The number of rotatable bonds is 6. The monoisotopic (exact) mass is 503 g/mol. The Kier molecular flexibility index (Phi) is 6.84. The average molecular weight is 504 g/mol. The molecule has 1 unspecified atom stereocenters. The molecule has 190 valence electrons. The number of ketones is 1. The van der Waals surface area contributed by atoms with Gasteiger partial charge in [0.2, 0.25) is 0 Å². The summed E-state index contributed by atoms with van der Waals surface area (Å²) < 4.78 is 5.98. The number of aliphatic hydroxyl groups excluding tert-OH is 1. The molecule has 5 nitrogen and oxygen atoms in total. The Labute approximate surface area is 222 Å². The lowest BCUT2D eigenvalue weighted by Crippen LogP contribution is -2.30. The third-order valence-corrected chi connectivity index (χ3v) is 7.08. The van der Waals surface area contributed by atoms with E-state index in [1.165, 1.54) is 4.90 Å². The van der Waals surface area contributed by atoms with Crippen molar-refractivity contribution in [2.45, 2.75) is 33.4 Å². The van der Waals surface area contributed by atoms with Gasteiger partial charge in [0, 0.05) is 11.3 Å². The van der Waals surface area contributed by atoms with Crippen LogP contribution in [0.3, 0.4) is 0 Å². The fourth-order valence-electron chi connectivity index (χ4n) is 4.88. The Hall–Kier alpha value is -4.64. The first-order valence-corrected chi connectivity index (χ1v) is 12.6. The summed E-state index contributed by atoms with van der Waals surface area (Å²) in [6, 6.07) is 29.4. The van der Waals surface area contributed by atoms with Crippen LogP contribution in [0, 0.1) is 20.8 Å². The highest BCUT2D eigenvalue weighted by molar-refractivity contribution is 6.51. The molecule has 38 heavy (non-hydrogen) atoms. The second-order valence-electron chi connectivity index (χ2n) is 9.55. The summed E-state index contributed by atoms with van der Waals surface area (Å²) in [5.41, 5.74) is 5.70. The van der Waals surface area contributed by atoms with Crippen LogP contribution in [-0.4, -0.2) is 16.8 Å². The van der Waals surface area contributed by atoms with E-state index in [0.29, 0.717) is 23.6 Å². The molecular formula is C33H29NO4. The van der Waals surface area contributed by atoms with E-state index in [2.05, 4.69) is 0 Å². The molecule has 1 N–H and O–H groups in total. The molecule has 1 aliphatic heterocycles. The molecule has 0 bridgehead atoms. The average Bonchev–Trinajstić information content (AvgIpc) is 3.20. The number of ether oxygens (including phenoxy) is 1. The molecule has 5 heteroatoms. The van der Waals surface area contributed by atoms with E-state index in [9.17, 15) is 14.7 Å². The molecule has 0 spiro atoms. The van der Waals surface area contributed by atoms with Crippen LogP contribution >= 0.6 is 0 Å². The minimum atomic E-state index is -0.758. The van der Waals surface area contributed by atoms with Crippen LogP contribution < -0.4 is 9.64 Å². The maximum absolute atomic E-state index is 13.5. The number of aryl methyl sites for hydroxylation is 2. The SMILES string of the molecule is Cc1cc(/C(O)=C2\C(=O)C(=O)N(c3cccc(C)c3C)C2c2ccccc2)ccc1OCc1ccccc1. The maximum atomic E-state index is 13.5. The fourth-order valence-corrected chi connectivity index (χ4v) is 4.88. The number of anilines is 1.